The highest BCUT2D eigenvalue weighted by Crippen LogP contribution is 2.51. The molecule has 0 N–H and O–H groups in total. The summed E-state index contributed by atoms with van der Waals surface area (Å²) in [5.74, 6) is 1.31. The lowest BCUT2D eigenvalue weighted by atomic mass is 9.80. The minimum Gasteiger partial charge on any atom is -0.436 e. The number of anilines is 3. The summed E-state index contributed by atoms with van der Waals surface area (Å²) in [6.07, 6.45) is 0. The molecular weight excluding hydrogens is 542 g/mol. The third-order valence-corrected chi connectivity index (χ3v) is 8.40. The number of para-hydroxylation sites is 2. The molecule has 208 valence electrons. The number of rotatable bonds is 4. The maximum atomic E-state index is 6.23. The van der Waals surface area contributed by atoms with E-state index in [9.17, 15) is 0 Å². The van der Waals surface area contributed by atoms with Gasteiger partial charge in [-0.2, -0.15) is 0 Å². The van der Waals surface area contributed by atoms with E-state index in [1.807, 2.05) is 42.5 Å². The van der Waals surface area contributed by atoms with Crippen molar-refractivity contribution in [2.24, 2.45) is 0 Å². The van der Waals surface area contributed by atoms with Crippen LogP contribution in [0.1, 0.15) is 22.6 Å². The van der Waals surface area contributed by atoms with Crippen LogP contribution in [0.2, 0.25) is 0 Å². The largest absolute Gasteiger partial charge is 0.436 e. The molecule has 0 saturated heterocycles. The summed E-state index contributed by atoms with van der Waals surface area (Å²) in [7, 11) is 0. The molecule has 9 rings (SSSR count). The monoisotopic (exact) mass is 567 g/mol. The molecule has 0 spiro atoms. The first-order valence-corrected chi connectivity index (χ1v) is 14.7. The van der Waals surface area contributed by atoms with Gasteiger partial charge in [0.15, 0.2) is 11.2 Å². The van der Waals surface area contributed by atoms with Crippen molar-refractivity contribution in [1.29, 1.82) is 0 Å². The van der Waals surface area contributed by atoms with Crippen molar-refractivity contribution >= 4 is 39.3 Å². The number of fused-ring (bicyclic) bond motifs is 4. The van der Waals surface area contributed by atoms with Gasteiger partial charge in [0.25, 0.3) is 0 Å². The molecule has 44 heavy (non-hydrogen) atoms. The van der Waals surface area contributed by atoms with Crippen LogP contribution in [0.5, 0.6) is 0 Å². The lowest BCUT2D eigenvalue weighted by molar-refractivity contribution is 0.618. The molecule has 0 radical (unpaired) electrons. The predicted octanol–water partition coefficient (Wildman–Crippen LogP) is 10.3. The number of oxazole rings is 2. The molecule has 0 unspecified atom stereocenters. The molecule has 0 saturated carbocycles. The third-order valence-electron chi connectivity index (χ3n) is 8.40. The van der Waals surface area contributed by atoms with Crippen molar-refractivity contribution in [3.8, 4) is 22.9 Å². The first-order valence-electron chi connectivity index (χ1n) is 14.7. The predicted molar refractivity (Wildman–Crippen MR) is 175 cm³/mol. The summed E-state index contributed by atoms with van der Waals surface area (Å²) < 4.78 is 12.3. The fraction of sp³-hybridized carbons (Fsp3) is 0.0256. The fourth-order valence-electron chi connectivity index (χ4n) is 6.38. The van der Waals surface area contributed by atoms with E-state index >= 15 is 0 Å². The van der Waals surface area contributed by atoms with Crippen LogP contribution in [-0.2, 0) is 0 Å². The van der Waals surface area contributed by atoms with Gasteiger partial charge < -0.3 is 13.7 Å². The minimum absolute atomic E-state index is 0.164. The normalized spacial score (nSPS) is 12.9. The van der Waals surface area contributed by atoms with Gasteiger partial charge in [-0.15, -0.1) is 0 Å². The Bertz CT molecular complexity index is 2190. The van der Waals surface area contributed by atoms with Crippen molar-refractivity contribution in [2.45, 2.75) is 5.92 Å². The van der Waals surface area contributed by atoms with Gasteiger partial charge in [0.2, 0.25) is 11.8 Å². The lowest BCUT2D eigenvalue weighted by Gasteiger charge is -2.38. The number of nitrogens with zero attached hydrogens (tertiary/aromatic N) is 3. The second kappa shape index (κ2) is 9.82. The maximum Gasteiger partial charge on any atom is 0.227 e. The van der Waals surface area contributed by atoms with Gasteiger partial charge in [-0.05, 0) is 65.2 Å². The van der Waals surface area contributed by atoms with Crippen LogP contribution in [0.4, 0.5) is 17.1 Å². The smallest absolute Gasteiger partial charge is 0.227 e. The summed E-state index contributed by atoms with van der Waals surface area (Å²) in [6.45, 7) is 0. The van der Waals surface area contributed by atoms with Crippen LogP contribution in [0.3, 0.4) is 0 Å². The fourth-order valence-corrected chi connectivity index (χ4v) is 6.38. The van der Waals surface area contributed by atoms with Gasteiger partial charge in [-0.1, -0.05) is 84.9 Å². The Morgan fingerprint density at radius 2 is 0.955 bits per heavy atom. The Hall–Kier alpha value is -5.94. The topological polar surface area (TPSA) is 55.3 Å². The van der Waals surface area contributed by atoms with Crippen LogP contribution in [0.25, 0.3) is 45.1 Å². The van der Waals surface area contributed by atoms with E-state index < -0.39 is 0 Å². The summed E-state index contributed by atoms with van der Waals surface area (Å²) >= 11 is 0. The molecular formula is C39H25N3O2. The first-order chi connectivity index (χ1) is 21.8. The van der Waals surface area contributed by atoms with Gasteiger partial charge in [-0.3, -0.25) is 0 Å². The second-order valence-electron chi connectivity index (χ2n) is 11.0. The van der Waals surface area contributed by atoms with E-state index in [0.717, 1.165) is 27.8 Å². The molecule has 5 heteroatoms. The molecule has 2 aromatic heterocycles. The summed E-state index contributed by atoms with van der Waals surface area (Å²) in [5.41, 5.74) is 12.0. The molecule has 0 fully saturated rings. The zero-order chi connectivity index (χ0) is 29.0. The van der Waals surface area contributed by atoms with Crippen LogP contribution in [0.15, 0.2) is 154 Å². The maximum absolute atomic E-state index is 6.23. The molecule has 8 aromatic rings. The van der Waals surface area contributed by atoms with Gasteiger partial charge in [0.05, 0.1) is 11.4 Å². The summed E-state index contributed by atoms with van der Waals surface area (Å²) in [5, 5.41) is 0. The van der Waals surface area contributed by atoms with Crippen molar-refractivity contribution in [3.63, 3.8) is 0 Å². The van der Waals surface area contributed by atoms with Crippen molar-refractivity contribution in [3.05, 3.63) is 162 Å². The van der Waals surface area contributed by atoms with E-state index in [1.54, 1.807) is 0 Å². The molecule has 6 aromatic carbocycles. The van der Waals surface area contributed by atoms with E-state index in [-0.39, 0.29) is 5.92 Å². The highest BCUT2D eigenvalue weighted by molar-refractivity contribution is 5.91. The molecule has 1 aliphatic heterocycles. The second-order valence-corrected chi connectivity index (χ2v) is 11.0. The Labute approximate surface area is 253 Å². The zero-order valence-electron chi connectivity index (χ0n) is 23.6. The summed E-state index contributed by atoms with van der Waals surface area (Å²) in [4.78, 5) is 11.8. The number of benzene rings is 6. The van der Waals surface area contributed by atoms with Crippen LogP contribution >= 0.6 is 0 Å². The van der Waals surface area contributed by atoms with E-state index in [4.69, 9.17) is 13.8 Å². The molecule has 0 amide bonds. The van der Waals surface area contributed by atoms with Gasteiger partial charge in [0, 0.05) is 34.9 Å². The average molecular weight is 568 g/mol. The van der Waals surface area contributed by atoms with Crippen LogP contribution in [0, 0.1) is 0 Å². The number of hydrogen-bond acceptors (Lipinski definition) is 5. The molecule has 3 heterocycles. The van der Waals surface area contributed by atoms with E-state index in [2.05, 4.69) is 113 Å². The standard InChI is InChI=1S/C39H25N3O2/c1-3-11-25(12-4-1)37-29-15-7-9-17-33(29)42(34-18-10-8-16-30(34)37)28-21-19-27(20-22-28)39-41-32-24-35-31(23-36(32)44-39)40-38(43-35)26-13-5-2-6-14-26/h1-24,37H. The van der Waals surface area contributed by atoms with Crippen molar-refractivity contribution in [2.75, 3.05) is 4.90 Å². The van der Waals surface area contributed by atoms with Crippen molar-refractivity contribution in [1.82, 2.24) is 9.97 Å². The van der Waals surface area contributed by atoms with E-state index in [0.29, 0.717) is 22.9 Å². The van der Waals surface area contributed by atoms with E-state index in [1.165, 1.54) is 28.1 Å². The Morgan fingerprint density at radius 3 is 1.52 bits per heavy atom. The van der Waals surface area contributed by atoms with Crippen LogP contribution in [-0.4, -0.2) is 9.97 Å². The molecule has 1 aliphatic rings. The third kappa shape index (κ3) is 3.94. The highest BCUT2D eigenvalue weighted by Gasteiger charge is 2.31. The van der Waals surface area contributed by atoms with Gasteiger partial charge in [-0.25, -0.2) is 9.97 Å². The van der Waals surface area contributed by atoms with Crippen molar-refractivity contribution < 1.29 is 8.83 Å². The van der Waals surface area contributed by atoms with Gasteiger partial charge >= 0.3 is 0 Å². The molecule has 0 atom stereocenters. The zero-order valence-corrected chi connectivity index (χ0v) is 23.6. The molecule has 0 bridgehead atoms. The molecule has 5 nitrogen and oxygen atoms in total. The number of aromatic nitrogens is 2. The highest BCUT2D eigenvalue weighted by atomic mass is 16.4. The minimum atomic E-state index is 0.164. The summed E-state index contributed by atoms with van der Waals surface area (Å²) in [6, 6.07) is 50.3. The Kier molecular flexibility index (Phi) is 5.50. The average Bonchev–Trinajstić information content (AvgIpc) is 3.70. The van der Waals surface area contributed by atoms with Gasteiger partial charge in [0.1, 0.15) is 11.0 Å². The SMILES string of the molecule is c1ccc(-c2nc3cc4oc(-c5ccc(N6c7ccccc7C(c7ccccc7)c7ccccc76)cc5)nc4cc3o2)cc1. The quantitative estimate of drug-likeness (QED) is 0.212. The Balaban J connectivity index is 1.09. The first kappa shape index (κ1) is 24.6. The molecule has 0 aliphatic carbocycles. The van der Waals surface area contributed by atoms with Crippen LogP contribution < -0.4 is 4.90 Å². The Morgan fingerprint density at radius 1 is 0.477 bits per heavy atom. The lowest BCUT2D eigenvalue weighted by Crippen LogP contribution is -2.22. The number of hydrogen-bond donors (Lipinski definition) is 0.